The molecule has 1 aliphatic heterocycles. The van der Waals surface area contributed by atoms with E-state index in [1.54, 1.807) is 66.7 Å². The molecule has 1 amide bonds. The topological polar surface area (TPSA) is 178 Å². The van der Waals surface area contributed by atoms with Gasteiger partial charge < -0.3 is 19.9 Å². The Kier molecular flexibility index (Phi) is 10.7. The third-order valence-electron chi connectivity index (χ3n) is 7.77. The molecule has 4 aromatic rings. The number of rotatable bonds is 13. The van der Waals surface area contributed by atoms with Crippen molar-refractivity contribution in [3.8, 4) is 5.75 Å². The van der Waals surface area contributed by atoms with Crippen LogP contribution in [0.1, 0.15) is 40.3 Å². The van der Waals surface area contributed by atoms with Crippen molar-refractivity contribution in [3.05, 3.63) is 146 Å². The molecule has 2 atom stereocenters. The van der Waals surface area contributed by atoms with Crippen LogP contribution in [0.5, 0.6) is 5.75 Å². The third kappa shape index (κ3) is 7.77. The van der Waals surface area contributed by atoms with E-state index in [0.29, 0.717) is 23.3 Å². The Morgan fingerprint density at radius 3 is 2.24 bits per heavy atom. The van der Waals surface area contributed by atoms with Gasteiger partial charge in [-0.15, -0.1) is 0 Å². The van der Waals surface area contributed by atoms with Crippen LogP contribution < -0.4 is 10.1 Å². The molecule has 12 nitrogen and oxygen atoms in total. The number of nitrogens with zero attached hydrogens (tertiary/aromatic N) is 7. The number of nitrogens with one attached hydrogen (secondary N) is 1. The van der Waals surface area contributed by atoms with Crippen molar-refractivity contribution in [1.29, 1.82) is 0 Å². The summed E-state index contributed by atoms with van der Waals surface area (Å²) in [5.74, 6) is -0.258. The molecule has 0 aliphatic carbocycles. The number of halogens is 3. The van der Waals surface area contributed by atoms with Crippen LogP contribution in [-0.2, 0) is 28.7 Å². The van der Waals surface area contributed by atoms with Crippen molar-refractivity contribution < 1.29 is 32.5 Å². The fraction of sp³-hybridized carbons (Fsp3) is 0.235. The molecule has 0 spiro atoms. The van der Waals surface area contributed by atoms with E-state index in [1.807, 2.05) is 0 Å². The summed E-state index contributed by atoms with van der Waals surface area (Å²) < 4.78 is 53.6. The lowest BCUT2D eigenvalue weighted by molar-refractivity contribution is -0.138. The van der Waals surface area contributed by atoms with Gasteiger partial charge >= 0.3 is 6.18 Å². The standard InChI is InChI=1S/C34H29F3N8O4/c35-34(36,37)27-11-4-1-9-24(27)21-40-32(47)33(20-23-8-2-5-12-28(23)42-44-38)30(26-10-3-6-13-29(26)43-45-39)49-31(41-33)22-14-16-25(17-15-22)48-19-7-18-46/h1-6,8-17,30,46H,7,18-21H2,(H,40,47)/t30-,33-/m1/s1. The Hall–Kier alpha value is -6.01. The van der Waals surface area contributed by atoms with Crippen molar-refractivity contribution in [2.24, 2.45) is 15.2 Å². The monoisotopic (exact) mass is 670 g/mol. The summed E-state index contributed by atoms with van der Waals surface area (Å²) in [6.07, 6.45) is -5.72. The zero-order valence-electron chi connectivity index (χ0n) is 25.8. The molecule has 0 fully saturated rings. The van der Waals surface area contributed by atoms with Crippen LogP contribution in [0.25, 0.3) is 20.9 Å². The van der Waals surface area contributed by atoms with Gasteiger partial charge in [0.15, 0.2) is 11.6 Å². The first-order valence-corrected chi connectivity index (χ1v) is 15.0. The van der Waals surface area contributed by atoms with Gasteiger partial charge in [-0.2, -0.15) is 13.2 Å². The van der Waals surface area contributed by atoms with Crippen LogP contribution in [0, 0.1) is 0 Å². The highest BCUT2D eigenvalue weighted by atomic mass is 19.4. The molecule has 2 N–H and O–H groups in total. The normalized spacial score (nSPS) is 16.8. The number of hydrogen-bond acceptors (Lipinski definition) is 7. The van der Waals surface area contributed by atoms with Crippen molar-refractivity contribution in [3.63, 3.8) is 0 Å². The molecule has 4 aromatic carbocycles. The number of alkyl halides is 3. The third-order valence-corrected chi connectivity index (χ3v) is 7.77. The Morgan fingerprint density at radius 2 is 1.55 bits per heavy atom. The smallest absolute Gasteiger partial charge is 0.416 e. The number of ether oxygens (including phenoxy) is 2. The van der Waals surface area contributed by atoms with Crippen molar-refractivity contribution in [2.75, 3.05) is 13.2 Å². The SMILES string of the molecule is [N-]=[N+]=Nc1ccccc1C[C@@]1(C(=O)NCc2ccccc2C(F)(F)F)N=C(c2ccc(OCCCO)cc2)O[C@@H]1c1ccccc1N=[N+]=[N-]. The highest BCUT2D eigenvalue weighted by molar-refractivity contribution is 6.01. The predicted molar refractivity (Wildman–Crippen MR) is 174 cm³/mol. The van der Waals surface area contributed by atoms with Gasteiger partial charge in [-0.25, -0.2) is 4.99 Å². The van der Waals surface area contributed by atoms with Crippen LogP contribution in [-0.4, -0.2) is 35.7 Å². The maximum Gasteiger partial charge on any atom is 0.416 e. The fourth-order valence-corrected chi connectivity index (χ4v) is 5.48. The molecule has 1 aliphatic rings. The maximum absolute atomic E-state index is 14.6. The lowest BCUT2D eigenvalue weighted by Gasteiger charge is -2.32. The summed E-state index contributed by atoms with van der Waals surface area (Å²) in [6, 6.07) is 24.5. The first-order valence-electron chi connectivity index (χ1n) is 15.0. The van der Waals surface area contributed by atoms with Crippen LogP contribution >= 0.6 is 0 Å². The Bertz CT molecular complexity index is 1940. The van der Waals surface area contributed by atoms with E-state index >= 15 is 0 Å². The summed E-state index contributed by atoms with van der Waals surface area (Å²) in [4.78, 5) is 25.2. The summed E-state index contributed by atoms with van der Waals surface area (Å²) in [6.45, 7) is -0.239. The molecule has 0 unspecified atom stereocenters. The first kappa shape index (κ1) is 34.3. The zero-order chi connectivity index (χ0) is 34.9. The highest BCUT2D eigenvalue weighted by Gasteiger charge is 2.54. The van der Waals surface area contributed by atoms with Gasteiger partial charge in [0, 0.05) is 58.3 Å². The van der Waals surface area contributed by atoms with E-state index < -0.39 is 35.8 Å². The molecule has 0 aromatic heterocycles. The number of amides is 1. The largest absolute Gasteiger partial charge is 0.494 e. The van der Waals surface area contributed by atoms with Crippen LogP contribution in [0.15, 0.2) is 112 Å². The average Bonchev–Trinajstić information content (AvgIpc) is 3.49. The van der Waals surface area contributed by atoms with Gasteiger partial charge in [0.2, 0.25) is 5.90 Å². The maximum atomic E-state index is 14.6. The number of aliphatic imine (C=N–C) groups is 1. The lowest BCUT2D eigenvalue weighted by Crippen LogP contribution is -2.49. The minimum Gasteiger partial charge on any atom is -0.494 e. The number of aliphatic hydroxyl groups is 1. The number of hydrogen-bond donors (Lipinski definition) is 2. The van der Waals surface area contributed by atoms with Crippen LogP contribution in [0.3, 0.4) is 0 Å². The molecular weight excluding hydrogens is 641 g/mol. The van der Waals surface area contributed by atoms with Crippen LogP contribution in [0.4, 0.5) is 24.5 Å². The predicted octanol–water partition coefficient (Wildman–Crippen LogP) is 8.17. The summed E-state index contributed by atoms with van der Waals surface area (Å²) in [7, 11) is 0. The van der Waals surface area contributed by atoms with E-state index in [4.69, 9.17) is 19.6 Å². The molecule has 15 heteroatoms. The number of azide groups is 2. The molecule has 0 bridgehead atoms. The Morgan fingerprint density at radius 1 is 0.918 bits per heavy atom. The second kappa shape index (κ2) is 15.3. The minimum atomic E-state index is -4.67. The summed E-state index contributed by atoms with van der Waals surface area (Å²) in [5.41, 5.74) is 17.1. The van der Waals surface area contributed by atoms with Gasteiger partial charge in [0.25, 0.3) is 5.91 Å². The first-order chi connectivity index (χ1) is 23.7. The molecule has 0 radical (unpaired) electrons. The van der Waals surface area contributed by atoms with Gasteiger partial charge in [-0.05, 0) is 52.5 Å². The number of benzene rings is 4. The molecule has 0 saturated carbocycles. The summed E-state index contributed by atoms with van der Waals surface area (Å²) >= 11 is 0. The highest BCUT2D eigenvalue weighted by Crippen LogP contribution is 2.46. The lowest BCUT2D eigenvalue weighted by atomic mass is 9.81. The van der Waals surface area contributed by atoms with E-state index in [1.165, 1.54) is 24.3 Å². The molecule has 1 heterocycles. The zero-order valence-corrected chi connectivity index (χ0v) is 25.8. The number of carbonyl (C=O) groups is 1. The van der Waals surface area contributed by atoms with Gasteiger partial charge in [-0.1, -0.05) is 77.0 Å². The molecule has 250 valence electrons. The summed E-state index contributed by atoms with van der Waals surface area (Å²) in [5, 5.41) is 19.3. The van der Waals surface area contributed by atoms with E-state index in [2.05, 4.69) is 25.4 Å². The quantitative estimate of drug-likeness (QED) is 0.0631. The molecule has 0 saturated heterocycles. The minimum absolute atomic E-state index is 0.0229. The van der Waals surface area contributed by atoms with E-state index in [-0.39, 0.29) is 48.0 Å². The van der Waals surface area contributed by atoms with Crippen molar-refractivity contribution >= 4 is 23.2 Å². The van der Waals surface area contributed by atoms with Crippen LogP contribution in [0.2, 0.25) is 0 Å². The molecule has 49 heavy (non-hydrogen) atoms. The second-order valence-corrected chi connectivity index (χ2v) is 10.9. The van der Waals surface area contributed by atoms with Gasteiger partial charge in [0.05, 0.1) is 12.2 Å². The Balaban J connectivity index is 1.66. The fourth-order valence-electron chi connectivity index (χ4n) is 5.48. The Labute approximate surface area is 278 Å². The van der Waals surface area contributed by atoms with Gasteiger partial charge in [0.1, 0.15) is 5.75 Å². The van der Waals surface area contributed by atoms with E-state index in [9.17, 15) is 29.0 Å². The number of carbonyl (C=O) groups excluding carboxylic acids is 1. The molecular formula is C34H29F3N8O4. The molecule has 5 rings (SSSR count). The van der Waals surface area contributed by atoms with Crippen molar-refractivity contribution in [1.82, 2.24) is 5.32 Å². The van der Waals surface area contributed by atoms with Gasteiger partial charge in [-0.3, -0.25) is 4.79 Å². The average molecular weight is 671 g/mol. The second-order valence-electron chi connectivity index (χ2n) is 10.9. The van der Waals surface area contributed by atoms with E-state index in [0.717, 1.165) is 6.07 Å². The number of aliphatic hydroxyl groups excluding tert-OH is 1. The van der Waals surface area contributed by atoms with Crippen molar-refractivity contribution in [2.45, 2.75) is 37.2 Å².